The summed E-state index contributed by atoms with van der Waals surface area (Å²) in [6.45, 7) is 2.22. The SMILES string of the molecule is COc1ccc2c(c1)C[C@H](C(=O)Nc1ccc(-c3cn[nH]c3C)cc1OCCO)CO2. The standard InChI is InChI=1S/C23H25N3O5/c1-14-19(12-24-26-14)15-3-5-20(22(11-15)30-8-7-27)25-23(28)17-9-16-10-18(29-2)4-6-21(16)31-13-17/h3-6,10-12,17,27H,7-9,13H2,1-2H3,(H,24,26)(H,25,28)/t17-/m0/s1. The molecule has 2 heterocycles. The van der Waals surface area contributed by atoms with E-state index in [-0.39, 0.29) is 25.0 Å². The minimum absolute atomic E-state index is 0.121. The molecule has 2 aromatic carbocycles. The zero-order valence-electron chi connectivity index (χ0n) is 17.5. The van der Waals surface area contributed by atoms with E-state index in [4.69, 9.17) is 14.2 Å². The summed E-state index contributed by atoms with van der Waals surface area (Å²) < 4.78 is 16.8. The number of methoxy groups -OCH3 is 1. The number of H-pyrrole nitrogens is 1. The average Bonchev–Trinajstić information content (AvgIpc) is 3.23. The second kappa shape index (κ2) is 9.09. The third-order valence-corrected chi connectivity index (χ3v) is 5.27. The van der Waals surface area contributed by atoms with Gasteiger partial charge in [-0.15, -0.1) is 0 Å². The molecule has 0 bridgehead atoms. The number of nitrogens with one attached hydrogen (secondary N) is 2. The summed E-state index contributed by atoms with van der Waals surface area (Å²) in [5.41, 5.74) is 4.25. The lowest BCUT2D eigenvalue weighted by Gasteiger charge is -2.25. The number of nitrogens with zero attached hydrogens (tertiary/aromatic N) is 1. The van der Waals surface area contributed by atoms with Gasteiger partial charge >= 0.3 is 0 Å². The Morgan fingerprint density at radius 3 is 2.94 bits per heavy atom. The molecule has 31 heavy (non-hydrogen) atoms. The predicted molar refractivity (Wildman–Crippen MR) is 116 cm³/mol. The van der Waals surface area contributed by atoms with Crippen molar-refractivity contribution in [2.24, 2.45) is 5.92 Å². The van der Waals surface area contributed by atoms with E-state index in [1.54, 1.807) is 19.4 Å². The topological polar surface area (TPSA) is 106 Å². The van der Waals surface area contributed by atoms with Crippen molar-refractivity contribution in [3.8, 4) is 28.4 Å². The molecular weight excluding hydrogens is 398 g/mol. The van der Waals surface area contributed by atoms with Crippen LogP contribution in [0.5, 0.6) is 17.2 Å². The lowest BCUT2D eigenvalue weighted by atomic mass is 9.95. The lowest BCUT2D eigenvalue weighted by molar-refractivity contribution is -0.121. The summed E-state index contributed by atoms with van der Waals surface area (Å²) >= 11 is 0. The van der Waals surface area contributed by atoms with Crippen LogP contribution in [0.1, 0.15) is 11.3 Å². The highest BCUT2D eigenvalue weighted by Gasteiger charge is 2.27. The average molecular weight is 423 g/mol. The maximum absolute atomic E-state index is 13.0. The number of hydrogen-bond donors (Lipinski definition) is 3. The van der Waals surface area contributed by atoms with Crippen molar-refractivity contribution in [3.05, 3.63) is 53.9 Å². The number of hydrogen-bond acceptors (Lipinski definition) is 6. The smallest absolute Gasteiger partial charge is 0.231 e. The predicted octanol–water partition coefficient (Wildman–Crippen LogP) is 2.95. The van der Waals surface area contributed by atoms with Crippen LogP contribution in [-0.4, -0.2) is 48.1 Å². The number of aromatic nitrogens is 2. The van der Waals surface area contributed by atoms with E-state index in [9.17, 15) is 9.90 Å². The molecule has 1 atom stereocenters. The normalized spacial score (nSPS) is 15.0. The number of carbonyl (C=O) groups is 1. The first-order valence-electron chi connectivity index (χ1n) is 10.1. The number of aromatic amines is 1. The fourth-order valence-corrected chi connectivity index (χ4v) is 3.61. The third-order valence-electron chi connectivity index (χ3n) is 5.27. The molecule has 3 N–H and O–H groups in total. The Balaban J connectivity index is 1.53. The summed E-state index contributed by atoms with van der Waals surface area (Å²) in [6, 6.07) is 11.1. The highest BCUT2D eigenvalue weighted by atomic mass is 16.5. The molecule has 0 spiro atoms. The number of aliphatic hydroxyl groups excluding tert-OH is 1. The van der Waals surface area contributed by atoms with Gasteiger partial charge in [0.25, 0.3) is 0 Å². The van der Waals surface area contributed by atoms with Gasteiger partial charge < -0.3 is 24.6 Å². The number of benzene rings is 2. The van der Waals surface area contributed by atoms with Gasteiger partial charge in [0.15, 0.2) is 0 Å². The molecule has 3 aromatic rings. The van der Waals surface area contributed by atoms with Crippen LogP contribution in [0.25, 0.3) is 11.1 Å². The highest BCUT2D eigenvalue weighted by molar-refractivity contribution is 5.95. The van der Waals surface area contributed by atoms with Crippen LogP contribution < -0.4 is 19.5 Å². The Hall–Kier alpha value is -3.52. The molecule has 1 aliphatic rings. The van der Waals surface area contributed by atoms with Crippen molar-refractivity contribution in [1.82, 2.24) is 10.2 Å². The summed E-state index contributed by atoms with van der Waals surface area (Å²) in [7, 11) is 1.61. The Morgan fingerprint density at radius 2 is 2.19 bits per heavy atom. The number of ether oxygens (including phenoxy) is 3. The first-order chi connectivity index (χ1) is 15.1. The fourth-order valence-electron chi connectivity index (χ4n) is 3.61. The Bertz CT molecular complexity index is 1080. The minimum atomic E-state index is -0.346. The van der Waals surface area contributed by atoms with Crippen molar-refractivity contribution >= 4 is 11.6 Å². The van der Waals surface area contributed by atoms with Crippen LogP contribution in [-0.2, 0) is 11.2 Å². The number of fused-ring (bicyclic) bond motifs is 1. The van der Waals surface area contributed by atoms with E-state index in [0.29, 0.717) is 24.5 Å². The molecule has 0 saturated carbocycles. The Kier molecular flexibility index (Phi) is 6.08. The third kappa shape index (κ3) is 4.49. The molecule has 1 aromatic heterocycles. The van der Waals surface area contributed by atoms with Gasteiger partial charge in [0.1, 0.15) is 30.5 Å². The van der Waals surface area contributed by atoms with E-state index in [1.807, 2.05) is 37.3 Å². The molecule has 4 rings (SSSR count). The molecule has 0 radical (unpaired) electrons. The van der Waals surface area contributed by atoms with Gasteiger partial charge in [-0.25, -0.2) is 0 Å². The van der Waals surface area contributed by atoms with Gasteiger partial charge in [0, 0.05) is 11.3 Å². The molecule has 0 saturated heterocycles. The molecule has 1 amide bonds. The second-order valence-corrected chi connectivity index (χ2v) is 7.37. The van der Waals surface area contributed by atoms with Gasteiger partial charge in [-0.3, -0.25) is 9.89 Å². The molecular formula is C23H25N3O5. The van der Waals surface area contributed by atoms with Crippen molar-refractivity contribution in [1.29, 1.82) is 0 Å². The van der Waals surface area contributed by atoms with E-state index >= 15 is 0 Å². The van der Waals surface area contributed by atoms with Crippen LogP contribution in [0.4, 0.5) is 5.69 Å². The minimum Gasteiger partial charge on any atom is -0.497 e. The fraction of sp³-hybridized carbons (Fsp3) is 0.304. The Labute approximate surface area is 180 Å². The van der Waals surface area contributed by atoms with Crippen LogP contribution >= 0.6 is 0 Å². The molecule has 162 valence electrons. The zero-order chi connectivity index (χ0) is 21.8. The number of carbonyl (C=O) groups excluding carboxylic acids is 1. The Morgan fingerprint density at radius 1 is 1.32 bits per heavy atom. The molecule has 8 nitrogen and oxygen atoms in total. The maximum Gasteiger partial charge on any atom is 0.231 e. The van der Waals surface area contributed by atoms with Crippen LogP contribution in [0, 0.1) is 12.8 Å². The first-order valence-corrected chi connectivity index (χ1v) is 10.1. The maximum atomic E-state index is 13.0. The van der Waals surface area contributed by atoms with E-state index in [2.05, 4.69) is 15.5 Å². The van der Waals surface area contributed by atoms with E-state index in [1.165, 1.54) is 0 Å². The van der Waals surface area contributed by atoms with Gasteiger partial charge in [0.2, 0.25) is 5.91 Å². The van der Waals surface area contributed by atoms with Gasteiger partial charge in [-0.2, -0.15) is 5.10 Å². The first kappa shape index (κ1) is 20.7. The highest BCUT2D eigenvalue weighted by Crippen LogP contribution is 2.34. The van der Waals surface area contributed by atoms with Crippen molar-refractivity contribution < 1.29 is 24.1 Å². The van der Waals surface area contributed by atoms with Gasteiger partial charge in [-0.1, -0.05) is 6.07 Å². The summed E-state index contributed by atoms with van der Waals surface area (Å²) in [5, 5.41) is 19.1. The number of aryl methyl sites for hydroxylation is 1. The van der Waals surface area contributed by atoms with Crippen molar-refractivity contribution in [3.63, 3.8) is 0 Å². The van der Waals surface area contributed by atoms with Crippen LogP contribution in [0.15, 0.2) is 42.6 Å². The molecule has 8 heteroatoms. The monoisotopic (exact) mass is 423 g/mol. The second-order valence-electron chi connectivity index (χ2n) is 7.37. The number of aliphatic hydroxyl groups is 1. The number of rotatable bonds is 7. The lowest BCUT2D eigenvalue weighted by Crippen LogP contribution is -2.32. The van der Waals surface area contributed by atoms with Gasteiger partial charge in [-0.05, 0) is 54.8 Å². The molecule has 0 unspecified atom stereocenters. The van der Waals surface area contributed by atoms with E-state index < -0.39 is 0 Å². The van der Waals surface area contributed by atoms with Gasteiger partial charge in [0.05, 0.1) is 31.5 Å². The largest absolute Gasteiger partial charge is 0.497 e. The van der Waals surface area contributed by atoms with Crippen molar-refractivity contribution in [2.75, 3.05) is 32.2 Å². The zero-order valence-corrected chi connectivity index (χ0v) is 17.5. The number of anilines is 1. The summed E-state index contributed by atoms with van der Waals surface area (Å²) in [4.78, 5) is 13.0. The molecule has 0 aliphatic carbocycles. The molecule has 0 fully saturated rings. The van der Waals surface area contributed by atoms with Crippen molar-refractivity contribution in [2.45, 2.75) is 13.3 Å². The summed E-state index contributed by atoms with van der Waals surface area (Å²) in [6.07, 6.45) is 2.29. The van der Waals surface area contributed by atoms with Crippen LogP contribution in [0.2, 0.25) is 0 Å². The quantitative estimate of drug-likeness (QED) is 0.540. The summed E-state index contributed by atoms with van der Waals surface area (Å²) in [5.74, 6) is 1.49. The van der Waals surface area contributed by atoms with E-state index in [0.717, 1.165) is 33.9 Å². The molecule has 1 aliphatic heterocycles. The van der Waals surface area contributed by atoms with Crippen LogP contribution in [0.3, 0.4) is 0 Å². The number of amides is 1.